The average molecular weight is 466 g/mol. The first-order valence-electron chi connectivity index (χ1n) is 10.9. The summed E-state index contributed by atoms with van der Waals surface area (Å²) < 4.78 is 12.0. The summed E-state index contributed by atoms with van der Waals surface area (Å²) in [6, 6.07) is 24.6. The number of esters is 1. The minimum absolute atomic E-state index is 0.171. The minimum Gasteiger partial charge on any atom is -0.497 e. The van der Waals surface area contributed by atoms with E-state index in [9.17, 15) is 9.59 Å². The molecule has 174 valence electrons. The van der Waals surface area contributed by atoms with Crippen molar-refractivity contribution in [2.24, 2.45) is 0 Å². The molecule has 1 N–H and O–H groups in total. The van der Waals surface area contributed by atoms with Gasteiger partial charge in [-0.1, -0.05) is 12.1 Å². The van der Waals surface area contributed by atoms with E-state index >= 15 is 0 Å². The molecule has 0 aliphatic heterocycles. The van der Waals surface area contributed by atoms with E-state index in [1.54, 1.807) is 79.4 Å². The van der Waals surface area contributed by atoms with Crippen LogP contribution in [0.15, 0.2) is 78.9 Å². The maximum atomic E-state index is 12.7. The zero-order chi connectivity index (χ0) is 24.8. The molecule has 1 amide bonds. The average Bonchev–Trinajstić information content (AvgIpc) is 3.35. The van der Waals surface area contributed by atoms with Gasteiger partial charge in [-0.25, -0.2) is 9.48 Å². The van der Waals surface area contributed by atoms with Gasteiger partial charge in [0.05, 0.1) is 36.7 Å². The van der Waals surface area contributed by atoms with Crippen molar-refractivity contribution in [1.29, 1.82) is 5.26 Å². The molecular weight excluding hydrogens is 444 g/mol. The summed E-state index contributed by atoms with van der Waals surface area (Å²) in [6.45, 7) is 1.97. The molecule has 4 rings (SSSR count). The molecule has 0 fully saturated rings. The number of nitrogens with zero attached hydrogens (tertiary/aromatic N) is 3. The van der Waals surface area contributed by atoms with Crippen LogP contribution in [0.4, 0.5) is 5.69 Å². The van der Waals surface area contributed by atoms with Gasteiger partial charge in [0.15, 0.2) is 5.69 Å². The van der Waals surface area contributed by atoms with Gasteiger partial charge in [0.1, 0.15) is 5.75 Å². The number of methoxy groups -OCH3 is 1. The summed E-state index contributed by atoms with van der Waals surface area (Å²) in [5, 5.41) is 16.3. The molecule has 3 aromatic carbocycles. The lowest BCUT2D eigenvalue weighted by molar-refractivity contribution is 0.0519. The summed E-state index contributed by atoms with van der Waals surface area (Å²) in [6.07, 6.45) is 0. The van der Waals surface area contributed by atoms with Crippen molar-refractivity contribution >= 4 is 17.6 Å². The van der Waals surface area contributed by atoms with Gasteiger partial charge in [-0.15, -0.1) is 0 Å². The molecular formula is C27H22N4O4. The predicted octanol–water partition coefficient (Wildman–Crippen LogP) is 4.85. The molecule has 1 heterocycles. The number of nitrogens with one attached hydrogen (secondary N) is 1. The number of amides is 1. The molecule has 0 unspecified atom stereocenters. The monoisotopic (exact) mass is 466 g/mol. The maximum Gasteiger partial charge on any atom is 0.358 e. The van der Waals surface area contributed by atoms with Crippen LogP contribution in [-0.2, 0) is 4.74 Å². The van der Waals surface area contributed by atoms with Crippen LogP contribution in [0.25, 0.3) is 16.9 Å². The molecule has 0 saturated heterocycles. The van der Waals surface area contributed by atoms with Crippen molar-refractivity contribution in [2.45, 2.75) is 6.92 Å². The van der Waals surface area contributed by atoms with E-state index in [2.05, 4.69) is 10.4 Å². The van der Waals surface area contributed by atoms with Crippen molar-refractivity contribution < 1.29 is 19.1 Å². The Bertz CT molecular complexity index is 1400. The largest absolute Gasteiger partial charge is 0.497 e. The van der Waals surface area contributed by atoms with E-state index in [-0.39, 0.29) is 18.2 Å². The SMILES string of the molecule is CCOC(=O)c1cc(-c2cccc(NC(=O)c3ccc(C#N)cc3)c2)n(-c2ccc(OC)cc2)n1. The third kappa shape index (κ3) is 5.20. The van der Waals surface area contributed by atoms with E-state index in [4.69, 9.17) is 14.7 Å². The molecule has 4 aromatic rings. The lowest BCUT2D eigenvalue weighted by Gasteiger charge is -2.11. The van der Waals surface area contributed by atoms with Crippen LogP contribution in [0.3, 0.4) is 0 Å². The smallest absolute Gasteiger partial charge is 0.358 e. The Morgan fingerprint density at radius 3 is 2.43 bits per heavy atom. The van der Waals surface area contributed by atoms with Gasteiger partial charge in [0.2, 0.25) is 0 Å². The molecule has 0 aliphatic carbocycles. The summed E-state index contributed by atoms with van der Waals surface area (Å²) in [5.74, 6) is -0.130. The van der Waals surface area contributed by atoms with Crippen LogP contribution in [-0.4, -0.2) is 35.4 Å². The second-order valence-corrected chi connectivity index (χ2v) is 7.47. The Morgan fingerprint density at radius 1 is 1.03 bits per heavy atom. The number of hydrogen-bond acceptors (Lipinski definition) is 6. The number of hydrogen-bond donors (Lipinski definition) is 1. The zero-order valence-corrected chi connectivity index (χ0v) is 19.2. The quantitative estimate of drug-likeness (QED) is 0.390. The molecule has 0 bridgehead atoms. The summed E-state index contributed by atoms with van der Waals surface area (Å²) in [5.41, 5.74) is 3.76. The van der Waals surface area contributed by atoms with Crippen LogP contribution in [0.5, 0.6) is 5.75 Å². The fourth-order valence-electron chi connectivity index (χ4n) is 3.47. The van der Waals surface area contributed by atoms with Gasteiger partial charge in [-0.3, -0.25) is 4.79 Å². The van der Waals surface area contributed by atoms with Crippen molar-refractivity contribution in [1.82, 2.24) is 9.78 Å². The topological polar surface area (TPSA) is 106 Å². The van der Waals surface area contributed by atoms with Crippen molar-refractivity contribution in [3.63, 3.8) is 0 Å². The number of benzene rings is 3. The van der Waals surface area contributed by atoms with Gasteiger partial charge in [-0.2, -0.15) is 10.4 Å². The molecule has 8 nitrogen and oxygen atoms in total. The van der Waals surface area contributed by atoms with Gasteiger partial charge >= 0.3 is 5.97 Å². The predicted molar refractivity (Wildman–Crippen MR) is 131 cm³/mol. The second kappa shape index (κ2) is 10.4. The highest BCUT2D eigenvalue weighted by molar-refractivity contribution is 6.04. The van der Waals surface area contributed by atoms with Crippen molar-refractivity contribution in [2.75, 3.05) is 19.0 Å². The first kappa shape index (κ1) is 23.3. The molecule has 0 aliphatic rings. The Labute approximate surface area is 202 Å². The lowest BCUT2D eigenvalue weighted by atomic mass is 10.1. The third-order valence-electron chi connectivity index (χ3n) is 5.20. The molecule has 0 spiro atoms. The molecule has 0 saturated carbocycles. The summed E-state index contributed by atoms with van der Waals surface area (Å²) in [7, 11) is 1.59. The lowest BCUT2D eigenvalue weighted by Crippen LogP contribution is -2.11. The van der Waals surface area contributed by atoms with E-state index in [0.717, 1.165) is 11.3 Å². The standard InChI is InChI=1S/C27H22N4O4/c1-3-35-27(33)24-16-25(31(30-24)22-11-13-23(34-2)14-12-22)20-5-4-6-21(15-20)29-26(32)19-9-7-18(17-28)8-10-19/h4-16H,3H2,1-2H3,(H,29,32). The Hall–Kier alpha value is -4.90. The fourth-order valence-corrected chi connectivity index (χ4v) is 3.47. The first-order chi connectivity index (χ1) is 17.0. The highest BCUT2D eigenvalue weighted by Crippen LogP contribution is 2.28. The number of carbonyl (C=O) groups is 2. The van der Waals surface area contributed by atoms with Crippen LogP contribution >= 0.6 is 0 Å². The number of nitriles is 1. The Kier molecular flexibility index (Phi) is 6.88. The van der Waals surface area contributed by atoms with Crippen LogP contribution in [0.1, 0.15) is 33.3 Å². The number of aromatic nitrogens is 2. The zero-order valence-electron chi connectivity index (χ0n) is 19.2. The number of rotatable bonds is 7. The number of anilines is 1. The summed E-state index contributed by atoms with van der Waals surface area (Å²) in [4.78, 5) is 25.1. The second-order valence-electron chi connectivity index (χ2n) is 7.47. The molecule has 35 heavy (non-hydrogen) atoms. The van der Waals surface area contributed by atoms with Crippen molar-refractivity contribution in [3.05, 3.63) is 95.7 Å². The highest BCUT2D eigenvalue weighted by atomic mass is 16.5. The summed E-state index contributed by atoms with van der Waals surface area (Å²) >= 11 is 0. The van der Waals surface area contributed by atoms with Gasteiger partial charge in [0.25, 0.3) is 5.91 Å². The molecule has 8 heteroatoms. The Morgan fingerprint density at radius 2 is 1.77 bits per heavy atom. The van der Waals surface area contributed by atoms with Gasteiger partial charge in [-0.05, 0) is 73.7 Å². The molecule has 0 atom stereocenters. The number of carbonyl (C=O) groups excluding carboxylic acids is 2. The van der Waals surface area contributed by atoms with Gasteiger partial charge < -0.3 is 14.8 Å². The molecule has 1 aromatic heterocycles. The van der Waals surface area contributed by atoms with E-state index < -0.39 is 5.97 Å². The van der Waals surface area contributed by atoms with Crippen molar-refractivity contribution in [3.8, 4) is 28.8 Å². The minimum atomic E-state index is -0.522. The van der Waals surface area contributed by atoms with Crippen LogP contribution in [0, 0.1) is 11.3 Å². The maximum absolute atomic E-state index is 12.7. The van der Waals surface area contributed by atoms with Crippen LogP contribution in [0.2, 0.25) is 0 Å². The Balaban J connectivity index is 1.69. The normalized spacial score (nSPS) is 10.3. The van der Waals surface area contributed by atoms with E-state index in [1.807, 2.05) is 24.3 Å². The van der Waals surface area contributed by atoms with Crippen LogP contribution < -0.4 is 10.1 Å². The third-order valence-corrected chi connectivity index (χ3v) is 5.20. The van der Waals surface area contributed by atoms with Gasteiger partial charge in [0, 0.05) is 16.8 Å². The number of ether oxygens (including phenoxy) is 2. The van der Waals surface area contributed by atoms with E-state index in [1.165, 1.54) is 0 Å². The van der Waals surface area contributed by atoms with E-state index in [0.29, 0.717) is 28.3 Å². The highest BCUT2D eigenvalue weighted by Gasteiger charge is 2.18. The fraction of sp³-hybridized carbons (Fsp3) is 0.111. The molecule has 0 radical (unpaired) electrons. The first-order valence-corrected chi connectivity index (χ1v) is 10.9.